The Morgan fingerprint density at radius 1 is 0.882 bits per heavy atom. The van der Waals surface area contributed by atoms with Gasteiger partial charge in [0.2, 0.25) is 0 Å². The fraction of sp³-hybridized carbons (Fsp3) is 0.385. The van der Waals surface area contributed by atoms with Crippen LogP contribution in [-0.4, -0.2) is 26.2 Å². The second-order valence-electron chi connectivity index (χ2n) is 4.10. The van der Waals surface area contributed by atoms with Crippen molar-refractivity contribution >= 4 is 11.9 Å². The molecule has 0 aromatic rings. The fourth-order valence-corrected chi connectivity index (χ4v) is 2.40. The van der Waals surface area contributed by atoms with E-state index in [1.54, 1.807) is 0 Å². The van der Waals surface area contributed by atoms with Gasteiger partial charge >= 0.3 is 11.9 Å². The lowest BCUT2D eigenvalue weighted by Crippen LogP contribution is -2.10. The zero-order chi connectivity index (χ0) is 12.5. The van der Waals surface area contributed by atoms with Crippen molar-refractivity contribution in [2.75, 3.05) is 14.2 Å². The number of methoxy groups -OCH3 is 2. The average Bonchev–Trinajstić information content (AvgIpc) is 3.06. The third-order valence-corrected chi connectivity index (χ3v) is 3.31. The van der Waals surface area contributed by atoms with Crippen LogP contribution in [-0.2, 0) is 19.1 Å². The molecule has 0 aliphatic heterocycles. The molecule has 1 fully saturated rings. The van der Waals surface area contributed by atoms with Crippen LogP contribution in [0, 0.1) is 17.3 Å². The highest BCUT2D eigenvalue weighted by molar-refractivity contribution is 5.91. The molecule has 0 N–H and O–H groups in total. The number of ether oxygens (including phenoxy) is 2. The van der Waals surface area contributed by atoms with Crippen molar-refractivity contribution in [3.8, 4) is 0 Å². The minimum atomic E-state index is -0.580. The maximum Gasteiger partial charge on any atom is 0.310 e. The SMILES string of the molecule is COC(=O)[C@H]1[C@H](C(=O)OC)C12C=CC=CC=C2. The Kier molecular flexibility index (Phi) is 2.88. The molecule has 0 amide bonds. The van der Waals surface area contributed by atoms with Crippen LogP contribution in [0.15, 0.2) is 36.5 Å². The summed E-state index contributed by atoms with van der Waals surface area (Å²) >= 11 is 0. The highest BCUT2D eigenvalue weighted by Gasteiger charge is 2.70. The molecule has 0 heterocycles. The Balaban J connectivity index is 2.32. The van der Waals surface area contributed by atoms with E-state index in [1.165, 1.54) is 14.2 Å². The van der Waals surface area contributed by atoms with Crippen LogP contribution in [0.3, 0.4) is 0 Å². The Hall–Kier alpha value is -1.84. The first kappa shape index (κ1) is 11.6. The Labute approximate surface area is 99.6 Å². The summed E-state index contributed by atoms with van der Waals surface area (Å²) in [5.41, 5.74) is -0.580. The fourth-order valence-electron chi connectivity index (χ4n) is 2.40. The number of rotatable bonds is 2. The van der Waals surface area contributed by atoms with Crippen molar-refractivity contribution in [2.45, 2.75) is 0 Å². The van der Waals surface area contributed by atoms with Gasteiger partial charge in [0, 0.05) is 5.41 Å². The molecule has 1 spiro atoms. The number of allylic oxidation sites excluding steroid dienone is 6. The largest absolute Gasteiger partial charge is 0.469 e. The van der Waals surface area contributed by atoms with Crippen LogP contribution in [0.4, 0.5) is 0 Å². The lowest BCUT2D eigenvalue weighted by atomic mass is 10.0. The topological polar surface area (TPSA) is 52.6 Å². The second kappa shape index (κ2) is 4.20. The van der Waals surface area contributed by atoms with Crippen LogP contribution < -0.4 is 0 Å². The van der Waals surface area contributed by atoms with E-state index in [9.17, 15) is 9.59 Å². The van der Waals surface area contributed by atoms with Gasteiger partial charge in [0.25, 0.3) is 0 Å². The number of esters is 2. The van der Waals surface area contributed by atoms with Crippen molar-refractivity contribution in [3.05, 3.63) is 36.5 Å². The van der Waals surface area contributed by atoms with Crippen molar-refractivity contribution in [3.63, 3.8) is 0 Å². The number of carbonyl (C=O) groups excluding carboxylic acids is 2. The lowest BCUT2D eigenvalue weighted by Gasteiger charge is -2.04. The summed E-state index contributed by atoms with van der Waals surface area (Å²) in [5, 5.41) is 0. The molecule has 2 aliphatic carbocycles. The molecule has 4 nitrogen and oxygen atoms in total. The summed E-state index contributed by atoms with van der Waals surface area (Å²) in [4.78, 5) is 23.3. The van der Waals surface area contributed by atoms with E-state index in [0.717, 1.165) is 0 Å². The summed E-state index contributed by atoms with van der Waals surface area (Å²) in [5.74, 6) is -1.71. The lowest BCUT2D eigenvalue weighted by molar-refractivity contribution is -0.148. The average molecular weight is 234 g/mol. The predicted octanol–water partition coefficient (Wildman–Crippen LogP) is 1.25. The summed E-state index contributed by atoms with van der Waals surface area (Å²) in [6.07, 6.45) is 11.1. The molecule has 17 heavy (non-hydrogen) atoms. The molecule has 0 aromatic heterocycles. The van der Waals surface area contributed by atoms with E-state index >= 15 is 0 Å². The minimum Gasteiger partial charge on any atom is -0.469 e. The van der Waals surface area contributed by atoms with Gasteiger partial charge in [-0.05, 0) is 0 Å². The minimum absolute atomic E-state index is 0.378. The van der Waals surface area contributed by atoms with Crippen LogP contribution in [0.25, 0.3) is 0 Å². The number of hydrogen-bond donors (Lipinski definition) is 0. The molecule has 0 radical (unpaired) electrons. The first-order chi connectivity index (χ1) is 8.17. The molecule has 0 saturated heterocycles. The quantitative estimate of drug-likeness (QED) is 0.675. The maximum absolute atomic E-state index is 11.7. The monoisotopic (exact) mass is 234 g/mol. The van der Waals surface area contributed by atoms with Crippen LogP contribution in [0.5, 0.6) is 0 Å². The maximum atomic E-state index is 11.7. The molecule has 2 aliphatic rings. The van der Waals surface area contributed by atoms with Gasteiger partial charge in [-0.15, -0.1) is 0 Å². The van der Waals surface area contributed by atoms with Crippen molar-refractivity contribution in [1.82, 2.24) is 0 Å². The van der Waals surface area contributed by atoms with Crippen LogP contribution in [0.1, 0.15) is 0 Å². The summed E-state index contributed by atoms with van der Waals surface area (Å²) in [6.45, 7) is 0. The number of carbonyl (C=O) groups is 2. The number of hydrogen-bond acceptors (Lipinski definition) is 4. The van der Waals surface area contributed by atoms with Gasteiger partial charge in [0.15, 0.2) is 0 Å². The van der Waals surface area contributed by atoms with E-state index in [4.69, 9.17) is 9.47 Å². The van der Waals surface area contributed by atoms with Gasteiger partial charge in [-0.1, -0.05) is 36.5 Å². The molecule has 4 heteroatoms. The first-order valence-electron chi connectivity index (χ1n) is 5.37. The molecule has 0 aromatic carbocycles. The van der Waals surface area contributed by atoms with Gasteiger partial charge in [-0.2, -0.15) is 0 Å². The van der Waals surface area contributed by atoms with Crippen LogP contribution >= 0.6 is 0 Å². The Morgan fingerprint density at radius 2 is 1.29 bits per heavy atom. The van der Waals surface area contributed by atoms with Gasteiger partial charge in [0.1, 0.15) is 0 Å². The zero-order valence-corrected chi connectivity index (χ0v) is 9.75. The van der Waals surface area contributed by atoms with Gasteiger partial charge < -0.3 is 9.47 Å². The predicted molar refractivity (Wildman–Crippen MR) is 60.9 cm³/mol. The third-order valence-electron chi connectivity index (χ3n) is 3.31. The third kappa shape index (κ3) is 1.69. The molecule has 1 saturated carbocycles. The van der Waals surface area contributed by atoms with Gasteiger partial charge in [0.05, 0.1) is 26.1 Å². The van der Waals surface area contributed by atoms with Gasteiger partial charge in [-0.3, -0.25) is 9.59 Å². The highest BCUT2D eigenvalue weighted by Crippen LogP contribution is 2.62. The molecule has 0 bridgehead atoms. The van der Waals surface area contributed by atoms with Crippen molar-refractivity contribution < 1.29 is 19.1 Å². The Bertz CT molecular complexity index is 391. The molecule has 0 unspecified atom stereocenters. The van der Waals surface area contributed by atoms with Gasteiger partial charge in [-0.25, -0.2) is 0 Å². The molecular formula is C13H14O4. The normalized spacial score (nSPS) is 27.6. The standard InChI is InChI=1S/C13H14O4/c1-16-11(14)9-10(12(15)17-2)13(9)7-5-3-4-6-8-13/h3-10H,1-2H3/t9-,10-/m1/s1. The smallest absolute Gasteiger partial charge is 0.310 e. The molecule has 2 atom stereocenters. The van der Waals surface area contributed by atoms with E-state index in [2.05, 4.69) is 0 Å². The zero-order valence-electron chi connectivity index (χ0n) is 9.75. The second-order valence-corrected chi connectivity index (χ2v) is 4.10. The first-order valence-corrected chi connectivity index (χ1v) is 5.37. The van der Waals surface area contributed by atoms with Crippen molar-refractivity contribution in [2.24, 2.45) is 17.3 Å². The van der Waals surface area contributed by atoms with E-state index in [1.807, 2.05) is 36.5 Å². The molecule has 2 rings (SSSR count). The van der Waals surface area contributed by atoms with Crippen molar-refractivity contribution in [1.29, 1.82) is 0 Å². The van der Waals surface area contributed by atoms with E-state index in [-0.39, 0.29) is 11.9 Å². The summed E-state index contributed by atoms with van der Waals surface area (Å²) < 4.78 is 9.47. The van der Waals surface area contributed by atoms with E-state index in [0.29, 0.717) is 0 Å². The van der Waals surface area contributed by atoms with E-state index < -0.39 is 17.3 Å². The molecular weight excluding hydrogens is 220 g/mol. The Morgan fingerprint density at radius 3 is 1.65 bits per heavy atom. The summed E-state index contributed by atoms with van der Waals surface area (Å²) in [6, 6.07) is 0. The van der Waals surface area contributed by atoms with Crippen LogP contribution in [0.2, 0.25) is 0 Å². The molecule has 90 valence electrons. The highest BCUT2D eigenvalue weighted by atomic mass is 16.5. The summed E-state index contributed by atoms with van der Waals surface area (Å²) in [7, 11) is 2.65.